The van der Waals surface area contributed by atoms with Gasteiger partial charge in [0.2, 0.25) is 5.91 Å². The van der Waals surface area contributed by atoms with Crippen LogP contribution in [-0.4, -0.2) is 29.9 Å². The molecule has 1 aromatic rings. The molecule has 2 bridgehead atoms. The largest absolute Gasteiger partial charge is 0.366 e. The number of amides is 2. The van der Waals surface area contributed by atoms with Gasteiger partial charge in [-0.05, 0) is 43.9 Å². The maximum absolute atomic E-state index is 12.2. The normalized spacial score (nSPS) is 28.1. The van der Waals surface area contributed by atoms with Crippen LogP contribution >= 0.6 is 0 Å². The summed E-state index contributed by atoms with van der Waals surface area (Å²) < 4.78 is 0. The average Bonchev–Trinajstić information content (AvgIpc) is 2.78. The number of fused-ring (bicyclic) bond motifs is 2. The van der Waals surface area contributed by atoms with Crippen molar-refractivity contribution < 1.29 is 9.59 Å². The molecular weight excluding hydrogens is 254 g/mol. The van der Waals surface area contributed by atoms with Gasteiger partial charge in [0.15, 0.2) is 0 Å². The number of carbonyl (C=O) groups is 2. The molecule has 4 N–H and O–H groups in total. The average molecular weight is 273 g/mol. The molecule has 2 atom stereocenters. The van der Waals surface area contributed by atoms with Crippen molar-refractivity contribution in [1.29, 1.82) is 0 Å². The Morgan fingerprint density at radius 1 is 1.15 bits per heavy atom. The lowest BCUT2D eigenvalue weighted by Crippen LogP contribution is -2.48. The fraction of sp³-hybridized carbons (Fsp3) is 0.467. The molecule has 0 aliphatic carbocycles. The van der Waals surface area contributed by atoms with Crippen LogP contribution in [0.15, 0.2) is 24.3 Å². The smallest absolute Gasteiger partial charge is 0.251 e. The van der Waals surface area contributed by atoms with Crippen molar-refractivity contribution in [3.8, 4) is 0 Å². The molecule has 20 heavy (non-hydrogen) atoms. The topological polar surface area (TPSA) is 84.2 Å². The Morgan fingerprint density at radius 3 is 2.45 bits per heavy atom. The van der Waals surface area contributed by atoms with E-state index in [1.807, 2.05) is 0 Å². The summed E-state index contributed by atoms with van der Waals surface area (Å²) in [5, 5.41) is 6.62. The van der Waals surface area contributed by atoms with Gasteiger partial charge in [-0.3, -0.25) is 9.59 Å². The molecule has 1 aromatic carbocycles. The van der Waals surface area contributed by atoms with E-state index >= 15 is 0 Å². The zero-order chi connectivity index (χ0) is 14.1. The van der Waals surface area contributed by atoms with Gasteiger partial charge < -0.3 is 16.4 Å². The quantitative estimate of drug-likeness (QED) is 0.761. The summed E-state index contributed by atoms with van der Waals surface area (Å²) in [4.78, 5) is 23.4. The number of benzene rings is 1. The Labute approximate surface area is 117 Å². The van der Waals surface area contributed by atoms with E-state index in [0.29, 0.717) is 23.2 Å². The Morgan fingerprint density at radius 2 is 1.80 bits per heavy atom. The van der Waals surface area contributed by atoms with Crippen LogP contribution in [0.1, 0.15) is 46.4 Å². The molecule has 5 heteroatoms. The van der Waals surface area contributed by atoms with Crippen LogP contribution in [0.4, 0.5) is 0 Å². The summed E-state index contributed by atoms with van der Waals surface area (Å²) in [6.07, 6.45) is 4.37. The molecule has 5 nitrogen and oxygen atoms in total. The Balaban J connectivity index is 1.67. The van der Waals surface area contributed by atoms with E-state index in [-0.39, 0.29) is 11.9 Å². The lowest BCUT2D eigenvalue weighted by molar-refractivity contribution is 0.0924. The number of carbonyl (C=O) groups excluding carboxylic acids is 2. The number of hydrogen-bond acceptors (Lipinski definition) is 3. The van der Waals surface area contributed by atoms with Crippen LogP contribution in [0.3, 0.4) is 0 Å². The Kier molecular flexibility index (Phi) is 3.44. The monoisotopic (exact) mass is 273 g/mol. The number of rotatable bonds is 3. The molecule has 2 aliphatic rings. The third-order valence-corrected chi connectivity index (χ3v) is 4.22. The van der Waals surface area contributed by atoms with E-state index in [2.05, 4.69) is 10.6 Å². The van der Waals surface area contributed by atoms with E-state index in [9.17, 15) is 9.59 Å². The highest BCUT2D eigenvalue weighted by atomic mass is 16.2. The standard InChI is InChI=1S/C15H19N3O2/c16-14(19)9-2-1-3-10(6-9)15(20)18-13-7-11-4-5-12(8-13)17-11/h1-3,6,11-13,17H,4-5,7-8H2,(H2,16,19)(H,18,20). The maximum atomic E-state index is 12.2. The third kappa shape index (κ3) is 2.67. The van der Waals surface area contributed by atoms with Crippen LogP contribution in [0.2, 0.25) is 0 Å². The molecule has 0 saturated carbocycles. The molecule has 2 saturated heterocycles. The first-order chi connectivity index (χ1) is 9.61. The first kappa shape index (κ1) is 13.1. The van der Waals surface area contributed by atoms with Gasteiger partial charge in [0, 0.05) is 29.3 Å². The van der Waals surface area contributed by atoms with E-state index < -0.39 is 5.91 Å². The van der Waals surface area contributed by atoms with E-state index in [4.69, 9.17) is 5.73 Å². The summed E-state index contributed by atoms with van der Waals surface area (Å²) in [7, 11) is 0. The van der Waals surface area contributed by atoms with Crippen molar-refractivity contribution in [3.63, 3.8) is 0 Å². The highest BCUT2D eigenvalue weighted by molar-refractivity contribution is 5.99. The van der Waals surface area contributed by atoms with Gasteiger partial charge in [0.05, 0.1) is 0 Å². The van der Waals surface area contributed by atoms with Crippen molar-refractivity contribution in [2.45, 2.75) is 43.8 Å². The predicted molar refractivity (Wildman–Crippen MR) is 75.4 cm³/mol. The Bertz CT molecular complexity index is 532. The van der Waals surface area contributed by atoms with Gasteiger partial charge in [0.25, 0.3) is 5.91 Å². The molecule has 0 spiro atoms. The lowest BCUT2D eigenvalue weighted by Gasteiger charge is -2.29. The molecule has 2 aliphatic heterocycles. The van der Waals surface area contributed by atoms with Crippen molar-refractivity contribution in [2.75, 3.05) is 0 Å². The fourth-order valence-corrected chi connectivity index (χ4v) is 3.26. The second-order valence-corrected chi connectivity index (χ2v) is 5.72. The minimum Gasteiger partial charge on any atom is -0.366 e. The minimum atomic E-state index is -0.514. The van der Waals surface area contributed by atoms with Gasteiger partial charge in [-0.2, -0.15) is 0 Å². The summed E-state index contributed by atoms with van der Waals surface area (Å²) in [6, 6.07) is 7.85. The molecule has 2 unspecified atom stereocenters. The van der Waals surface area contributed by atoms with Gasteiger partial charge in [-0.15, -0.1) is 0 Å². The van der Waals surface area contributed by atoms with Gasteiger partial charge in [-0.1, -0.05) is 6.07 Å². The second kappa shape index (κ2) is 5.25. The summed E-state index contributed by atoms with van der Waals surface area (Å²) in [5.41, 5.74) is 6.09. The molecule has 2 heterocycles. The van der Waals surface area contributed by atoms with Crippen LogP contribution in [-0.2, 0) is 0 Å². The molecule has 3 rings (SSSR count). The molecule has 0 aromatic heterocycles. The van der Waals surface area contributed by atoms with Crippen LogP contribution in [0.5, 0.6) is 0 Å². The van der Waals surface area contributed by atoms with Crippen molar-refractivity contribution in [3.05, 3.63) is 35.4 Å². The van der Waals surface area contributed by atoms with Gasteiger partial charge in [-0.25, -0.2) is 0 Å². The van der Waals surface area contributed by atoms with Crippen molar-refractivity contribution in [1.82, 2.24) is 10.6 Å². The molecule has 2 fully saturated rings. The number of hydrogen-bond donors (Lipinski definition) is 3. The summed E-state index contributed by atoms with van der Waals surface area (Å²) in [6.45, 7) is 0. The van der Waals surface area contributed by atoms with Crippen molar-refractivity contribution >= 4 is 11.8 Å². The maximum Gasteiger partial charge on any atom is 0.251 e. The lowest BCUT2D eigenvalue weighted by atomic mass is 9.99. The molecule has 0 radical (unpaired) electrons. The number of primary amides is 1. The zero-order valence-corrected chi connectivity index (χ0v) is 11.3. The van der Waals surface area contributed by atoms with E-state index in [0.717, 1.165) is 12.8 Å². The first-order valence-electron chi connectivity index (χ1n) is 7.08. The molecule has 2 amide bonds. The van der Waals surface area contributed by atoms with Gasteiger partial charge in [0.1, 0.15) is 0 Å². The SMILES string of the molecule is NC(=O)c1cccc(C(=O)NC2CC3CCC(C2)N3)c1. The number of nitrogens with one attached hydrogen (secondary N) is 2. The molecular formula is C15H19N3O2. The van der Waals surface area contributed by atoms with Crippen LogP contribution in [0.25, 0.3) is 0 Å². The summed E-state index contributed by atoms with van der Waals surface area (Å²) in [5.74, 6) is -0.640. The van der Waals surface area contributed by atoms with Crippen molar-refractivity contribution in [2.24, 2.45) is 5.73 Å². The first-order valence-corrected chi connectivity index (χ1v) is 7.08. The van der Waals surface area contributed by atoms with E-state index in [1.54, 1.807) is 24.3 Å². The minimum absolute atomic E-state index is 0.126. The number of nitrogens with two attached hydrogens (primary N) is 1. The number of piperidine rings is 1. The highest BCUT2D eigenvalue weighted by Crippen LogP contribution is 2.26. The second-order valence-electron chi connectivity index (χ2n) is 5.72. The Hall–Kier alpha value is -1.88. The highest BCUT2D eigenvalue weighted by Gasteiger charge is 2.34. The van der Waals surface area contributed by atoms with E-state index in [1.165, 1.54) is 12.8 Å². The fourth-order valence-electron chi connectivity index (χ4n) is 3.26. The predicted octanol–water partition coefficient (Wildman–Crippen LogP) is 0.798. The summed E-state index contributed by atoms with van der Waals surface area (Å²) >= 11 is 0. The van der Waals surface area contributed by atoms with Crippen LogP contribution in [0, 0.1) is 0 Å². The van der Waals surface area contributed by atoms with Gasteiger partial charge >= 0.3 is 0 Å². The third-order valence-electron chi connectivity index (χ3n) is 4.22. The zero-order valence-electron chi connectivity index (χ0n) is 11.3. The molecule has 106 valence electrons. The van der Waals surface area contributed by atoms with Crippen LogP contribution < -0.4 is 16.4 Å².